The lowest BCUT2D eigenvalue weighted by Gasteiger charge is -2.25. The number of amides is 2. The molecule has 156 valence electrons. The third kappa shape index (κ3) is 3.30. The number of hydrogen-bond donors (Lipinski definition) is 0. The molecule has 6 nitrogen and oxygen atoms in total. The Hall–Kier alpha value is -3.02. The fraction of sp³-hybridized carbons (Fsp3) is 0.417. The Morgan fingerprint density at radius 2 is 1.77 bits per heavy atom. The molecule has 0 bridgehead atoms. The third-order valence-electron chi connectivity index (χ3n) is 6.55. The number of ether oxygens (including phenoxy) is 2. The maximum absolute atomic E-state index is 13.2. The van der Waals surface area contributed by atoms with Gasteiger partial charge in [-0.25, -0.2) is 0 Å². The molecular weight excluding hydrogens is 380 g/mol. The molecule has 0 radical (unpaired) electrons. The van der Waals surface area contributed by atoms with Crippen LogP contribution in [0.4, 0.5) is 0 Å². The second-order valence-corrected chi connectivity index (χ2v) is 8.36. The molecule has 2 aromatic carbocycles. The van der Waals surface area contributed by atoms with E-state index in [1.807, 2.05) is 40.1 Å². The fourth-order valence-electron chi connectivity index (χ4n) is 4.85. The van der Waals surface area contributed by atoms with Crippen LogP contribution >= 0.6 is 0 Å². The zero-order valence-corrected chi connectivity index (χ0v) is 17.0. The Kier molecular flexibility index (Phi) is 4.85. The summed E-state index contributed by atoms with van der Waals surface area (Å²) in [5, 5.41) is 0. The number of likely N-dealkylation sites (tertiary alicyclic amines) is 2. The molecule has 1 atom stereocenters. The molecule has 0 aromatic heterocycles. The minimum Gasteiger partial charge on any atom is -0.486 e. The first kappa shape index (κ1) is 19.0. The average Bonchev–Trinajstić information content (AvgIpc) is 3.37. The van der Waals surface area contributed by atoms with E-state index in [1.54, 1.807) is 6.07 Å². The van der Waals surface area contributed by atoms with Crippen molar-refractivity contribution in [1.29, 1.82) is 0 Å². The van der Waals surface area contributed by atoms with E-state index in [2.05, 4.69) is 12.1 Å². The van der Waals surface area contributed by atoms with Crippen molar-refractivity contribution in [3.05, 3.63) is 59.7 Å². The molecule has 5 rings (SSSR count). The van der Waals surface area contributed by atoms with Crippen LogP contribution in [0.2, 0.25) is 0 Å². The highest BCUT2D eigenvalue weighted by atomic mass is 16.6. The lowest BCUT2D eigenvalue weighted by Crippen LogP contribution is -2.39. The van der Waals surface area contributed by atoms with E-state index < -0.39 is 5.41 Å². The van der Waals surface area contributed by atoms with E-state index >= 15 is 0 Å². The van der Waals surface area contributed by atoms with Crippen molar-refractivity contribution in [2.75, 3.05) is 39.4 Å². The molecule has 6 heteroatoms. The number of para-hydroxylation sites is 1. The monoisotopic (exact) mass is 406 g/mol. The first-order valence-corrected chi connectivity index (χ1v) is 10.7. The highest BCUT2D eigenvalue weighted by molar-refractivity contribution is 5.99. The lowest BCUT2D eigenvalue weighted by atomic mass is 9.85. The van der Waals surface area contributed by atoms with Crippen LogP contribution in [0.3, 0.4) is 0 Å². The number of nitrogens with zero attached hydrogens (tertiary/aromatic N) is 2. The second-order valence-electron chi connectivity index (χ2n) is 8.36. The largest absolute Gasteiger partial charge is 0.486 e. The van der Waals surface area contributed by atoms with Crippen LogP contribution in [0, 0.1) is 5.41 Å². The molecule has 0 saturated carbocycles. The van der Waals surface area contributed by atoms with Crippen LogP contribution in [-0.2, 0) is 11.2 Å². The normalized spacial score (nSPS) is 22.7. The molecule has 2 fully saturated rings. The van der Waals surface area contributed by atoms with Gasteiger partial charge in [0, 0.05) is 26.2 Å². The summed E-state index contributed by atoms with van der Waals surface area (Å²) in [7, 11) is 0. The van der Waals surface area contributed by atoms with Crippen molar-refractivity contribution in [2.45, 2.75) is 19.3 Å². The molecule has 1 spiro atoms. The van der Waals surface area contributed by atoms with E-state index in [0.29, 0.717) is 43.4 Å². The van der Waals surface area contributed by atoms with Gasteiger partial charge in [0.05, 0.1) is 11.0 Å². The van der Waals surface area contributed by atoms with Crippen LogP contribution in [0.5, 0.6) is 11.5 Å². The van der Waals surface area contributed by atoms with Crippen molar-refractivity contribution in [1.82, 2.24) is 9.80 Å². The number of carbonyl (C=O) groups is 2. The van der Waals surface area contributed by atoms with E-state index in [-0.39, 0.29) is 11.8 Å². The Bertz CT molecular complexity index is 961. The zero-order valence-electron chi connectivity index (χ0n) is 17.0. The van der Waals surface area contributed by atoms with Gasteiger partial charge in [-0.15, -0.1) is 0 Å². The smallest absolute Gasteiger partial charge is 0.257 e. The van der Waals surface area contributed by atoms with E-state index in [1.165, 1.54) is 5.56 Å². The van der Waals surface area contributed by atoms with Crippen molar-refractivity contribution in [3.8, 4) is 11.5 Å². The van der Waals surface area contributed by atoms with Gasteiger partial charge in [0.2, 0.25) is 5.91 Å². The van der Waals surface area contributed by atoms with Crippen molar-refractivity contribution in [3.63, 3.8) is 0 Å². The van der Waals surface area contributed by atoms with Crippen LogP contribution in [0.1, 0.15) is 28.8 Å². The standard InChI is InChI=1S/C24H26N2O4/c27-22(19-7-4-8-20-21(19)30-16-15-29-20)26-14-11-24(17-26)10-13-25(23(24)28)12-9-18-5-2-1-3-6-18/h1-8H,9-17H2. The maximum Gasteiger partial charge on any atom is 0.257 e. The van der Waals surface area contributed by atoms with Gasteiger partial charge in [-0.1, -0.05) is 36.4 Å². The summed E-state index contributed by atoms with van der Waals surface area (Å²) in [6, 6.07) is 15.7. The molecule has 0 aliphatic carbocycles. The fourth-order valence-corrected chi connectivity index (χ4v) is 4.85. The Morgan fingerprint density at radius 3 is 2.63 bits per heavy atom. The van der Waals surface area contributed by atoms with Gasteiger partial charge in [-0.05, 0) is 37.0 Å². The zero-order chi connectivity index (χ0) is 20.6. The quantitative estimate of drug-likeness (QED) is 0.784. The van der Waals surface area contributed by atoms with Gasteiger partial charge in [-0.2, -0.15) is 0 Å². The number of carbonyl (C=O) groups excluding carboxylic acids is 2. The molecule has 2 aromatic rings. The van der Waals surface area contributed by atoms with Gasteiger partial charge in [0.25, 0.3) is 5.91 Å². The summed E-state index contributed by atoms with van der Waals surface area (Å²) < 4.78 is 11.3. The number of rotatable bonds is 4. The van der Waals surface area contributed by atoms with E-state index in [9.17, 15) is 9.59 Å². The Morgan fingerprint density at radius 1 is 0.967 bits per heavy atom. The molecule has 2 amide bonds. The SMILES string of the molecule is O=C(c1cccc2c1OCCO2)N1CCC2(CCN(CCc3ccccc3)C2=O)C1. The second kappa shape index (κ2) is 7.67. The van der Waals surface area contributed by atoms with Crippen molar-refractivity contribution >= 4 is 11.8 Å². The van der Waals surface area contributed by atoms with Gasteiger partial charge >= 0.3 is 0 Å². The third-order valence-corrected chi connectivity index (χ3v) is 6.55. The van der Waals surface area contributed by atoms with Crippen LogP contribution in [0.25, 0.3) is 0 Å². The predicted octanol–water partition coefficient (Wildman–Crippen LogP) is 2.77. The number of hydrogen-bond acceptors (Lipinski definition) is 4. The minimum absolute atomic E-state index is 0.0789. The predicted molar refractivity (Wildman–Crippen MR) is 112 cm³/mol. The molecule has 30 heavy (non-hydrogen) atoms. The van der Waals surface area contributed by atoms with Gasteiger partial charge in [0.15, 0.2) is 11.5 Å². The summed E-state index contributed by atoms with van der Waals surface area (Å²) in [5.74, 6) is 1.26. The number of benzene rings is 2. The molecule has 1 unspecified atom stereocenters. The molecule has 2 saturated heterocycles. The van der Waals surface area contributed by atoms with Crippen molar-refractivity contribution < 1.29 is 19.1 Å². The molecule has 3 aliphatic heterocycles. The molecule has 3 heterocycles. The minimum atomic E-state index is -0.432. The highest BCUT2D eigenvalue weighted by Gasteiger charge is 2.51. The van der Waals surface area contributed by atoms with Crippen LogP contribution < -0.4 is 9.47 Å². The molecule has 0 N–H and O–H groups in total. The first-order chi connectivity index (χ1) is 14.7. The van der Waals surface area contributed by atoms with Gasteiger partial charge in [-0.3, -0.25) is 9.59 Å². The summed E-state index contributed by atoms with van der Waals surface area (Å²) in [6.07, 6.45) is 2.40. The van der Waals surface area contributed by atoms with Gasteiger partial charge in [0.1, 0.15) is 13.2 Å². The Balaban J connectivity index is 1.26. The summed E-state index contributed by atoms with van der Waals surface area (Å²) in [5.41, 5.74) is 1.33. The molecule has 3 aliphatic rings. The molecular formula is C24H26N2O4. The van der Waals surface area contributed by atoms with Crippen LogP contribution in [0.15, 0.2) is 48.5 Å². The van der Waals surface area contributed by atoms with Crippen LogP contribution in [-0.4, -0.2) is 61.0 Å². The first-order valence-electron chi connectivity index (χ1n) is 10.7. The average molecular weight is 406 g/mol. The topological polar surface area (TPSA) is 59.1 Å². The van der Waals surface area contributed by atoms with E-state index in [0.717, 1.165) is 32.4 Å². The Labute approximate surface area is 176 Å². The maximum atomic E-state index is 13.2. The number of fused-ring (bicyclic) bond motifs is 1. The highest BCUT2D eigenvalue weighted by Crippen LogP contribution is 2.42. The summed E-state index contributed by atoms with van der Waals surface area (Å²) >= 11 is 0. The van der Waals surface area contributed by atoms with Crippen molar-refractivity contribution in [2.24, 2.45) is 5.41 Å². The summed E-state index contributed by atoms with van der Waals surface area (Å²) in [4.78, 5) is 30.2. The lowest BCUT2D eigenvalue weighted by molar-refractivity contribution is -0.135. The van der Waals surface area contributed by atoms with Gasteiger partial charge < -0.3 is 19.3 Å². The van der Waals surface area contributed by atoms with E-state index in [4.69, 9.17) is 9.47 Å². The summed E-state index contributed by atoms with van der Waals surface area (Å²) in [6.45, 7) is 3.51.